The number of hydrogen-bond donors (Lipinski definition) is 2. The van der Waals surface area contributed by atoms with Crippen molar-refractivity contribution >= 4 is 5.91 Å². The van der Waals surface area contributed by atoms with E-state index in [4.69, 9.17) is 5.73 Å². The van der Waals surface area contributed by atoms with Gasteiger partial charge in [0.1, 0.15) is 5.75 Å². The normalized spacial score (nSPS) is 12.5. The quantitative estimate of drug-likeness (QED) is 0.774. The first-order chi connectivity index (χ1) is 9.88. The van der Waals surface area contributed by atoms with Crippen LogP contribution in [0.3, 0.4) is 0 Å². The van der Waals surface area contributed by atoms with Crippen LogP contribution < -0.4 is 15.8 Å². The molecule has 0 bridgehead atoms. The Morgan fingerprint density at radius 1 is 1.29 bits per heavy atom. The Bertz CT molecular complexity index is 436. The first-order valence-corrected chi connectivity index (χ1v) is 6.95. The standard InChI is InChI=1S/C15H22F2N2O2/c1-10(2)9-13(18)14(20)19-8-7-11-3-5-12(6-4-11)21-15(16)17/h3-6,10,13,15H,7-9,18H2,1-2H3,(H,19,20). The van der Waals surface area contributed by atoms with Crippen LogP contribution in [0.15, 0.2) is 24.3 Å². The molecule has 3 N–H and O–H groups in total. The second kappa shape index (κ2) is 8.56. The van der Waals surface area contributed by atoms with E-state index in [1.807, 2.05) is 13.8 Å². The van der Waals surface area contributed by atoms with E-state index in [-0.39, 0.29) is 11.7 Å². The molecule has 0 saturated carbocycles. The fraction of sp³-hybridized carbons (Fsp3) is 0.533. The van der Waals surface area contributed by atoms with Gasteiger partial charge in [-0.25, -0.2) is 0 Å². The maximum absolute atomic E-state index is 12.0. The third-order valence-corrected chi connectivity index (χ3v) is 2.92. The predicted molar refractivity (Wildman–Crippen MR) is 77.2 cm³/mol. The van der Waals surface area contributed by atoms with E-state index in [1.165, 1.54) is 12.1 Å². The summed E-state index contributed by atoms with van der Waals surface area (Å²) >= 11 is 0. The summed E-state index contributed by atoms with van der Waals surface area (Å²) in [5, 5.41) is 2.77. The van der Waals surface area contributed by atoms with Crippen LogP contribution in [-0.4, -0.2) is 25.1 Å². The summed E-state index contributed by atoms with van der Waals surface area (Å²) in [5.41, 5.74) is 6.69. The number of benzene rings is 1. The highest BCUT2D eigenvalue weighted by molar-refractivity contribution is 5.81. The van der Waals surface area contributed by atoms with E-state index in [0.29, 0.717) is 25.3 Å². The molecule has 0 aliphatic carbocycles. The molecule has 4 nitrogen and oxygen atoms in total. The van der Waals surface area contributed by atoms with Crippen molar-refractivity contribution in [2.75, 3.05) is 6.54 Å². The van der Waals surface area contributed by atoms with E-state index in [0.717, 1.165) is 5.56 Å². The van der Waals surface area contributed by atoms with E-state index in [2.05, 4.69) is 10.1 Å². The zero-order chi connectivity index (χ0) is 15.8. The molecule has 118 valence electrons. The number of halogens is 2. The average molecular weight is 300 g/mol. The number of carbonyl (C=O) groups excluding carboxylic acids is 1. The van der Waals surface area contributed by atoms with Crippen LogP contribution in [0.25, 0.3) is 0 Å². The summed E-state index contributed by atoms with van der Waals surface area (Å²) in [6.07, 6.45) is 1.25. The number of carbonyl (C=O) groups is 1. The van der Waals surface area contributed by atoms with E-state index >= 15 is 0 Å². The molecule has 0 fully saturated rings. The van der Waals surface area contributed by atoms with Crippen molar-refractivity contribution in [2.24, 2.45) is 11.7 Å². The smallest absolute Gasteiger partial charge is 0.387 e. The third kappa shape index (κ3) is 7.04. The van der Waals surface area contributed by atoms with Crippen molar-refractivity contribution in [2.45, 2.75) is 39.3 Å². The van der Waals surface area contributed by atoms with Crippen molar-refractivity contribution in [3.05, 3.63) is 29.8 Å². The molecule has 1 amide bonds. The van der Waals surface area contributed by atoms with Crippen LogP contribution >= 0.6 is 0 Å². The molecular weight excluding hydrogens is 278 g/mol. The van der Waals surface area contributed by atoms with Gasteiger partial charge in [-0.3, -0.25) is 4.79 Å². The van der Waals surface area contributed by atoms with E-state index in [9.17, 15) is 13.6 Å². The molecule has 0 heterocycles. The molecule has 1 aromatic carbocycles. The van der Waals surface area contributed by atoms with Crippen molar-refractivity contribution in [3.8, 4) is 5.75 Å². The fourth-order valence-corrected chi connectivity index (χ4v) is 1.91. The van der Waals surface area contributed by atoms with Crippen molar-refractivity contribution in [1.29, 1.82) is 0 Å². The molecule has 1 unspecified atom stereocenters. The van der Waals surface area contributed by atoms with Crippen LogP contribution in [0.1, 0.15) is 25.8 Å². The van der Waals surface area contributed by atoms with Gasteiger partial charge in [-0.2, -0.15) is 8.78 Å². The molecule has 1 atom stereocenters. The Labute approximate surface area is 123 Å². The zero-order valence-corrected chi connectivity index (χ0v) is 12.3. The van der Waals surface area contributed by atoms with Gasteiger partial charge in [0.2, 0.25) is 5.91 Å². The molecule has 0 aromatic heterocycles. The maximum Gasteiger partial charge on any atom is 0.387 e. The Hall–Kier alpha value is -1.69. The first-order valence-electron chi connectivity index (χ1n) is 6.95. The van der Waals surface area contributed by atoms with Crippen LogP contribution in [0.2, 0.25) is 0 Å². The monoisotopic (exact) mass is 300 g/mol. The minimum absolute atomic E-state index is 0.122. The SMILES string of the molecule is CC(C)CC(N)C(=O)NCCc1ccc(OC(F)F)cc1. The van der Waals surface area contributed by atoms with Gasteiger partial charge >= 0.3 is 6.61 Å². The molecule has 0 saturated heterocycles. The summed E-state index contributed by atoms with van der Waals surface area (Å²) in [6, 6.07) is 5.85. The van der Waals surface area contributed by atoms with Gasteiger partial charge in [-0.05, 0) is 36.5 Å². The highest BCUT2D eigenvalue weighted by Crippen LogP contribution is 2.15. The van der Waals surface area contributed by atoms with Gasteiger partial charge < -0.3 is 15.8 Å². The number of rotatable bonds is 8. The number of nitrogens with one attached hydrogen (secondary N) is 1. The van der Waals surface area contributed by atoms with E-state index in [1.54, 1.807) is 12.1 Å². The van der Waals surface area contributed by atoms with Gasteiger partial charge in [0, 0.05) is 6.54 Å². The third-order valence-electron chi connectivity index (χ3n) is 2.92. The maximum atomic E-state index is 12.0. The molecule has 0 radical (unpaired) electrons. The summed E-state index contributed by atoms with van der Waals surface area (Å²) < 4.78 is 28.3. The van der Waals surface area contributed by atoms with Gasteiger partial charge in [0.05, 0.1) is 6.04 Å². The molecule has 0 aliphatic heterocycles. The molecule has 0 aliphatic rings. The minimum atomic E-state index is -2.82. The van der Waals surface area contributed by atoms with Gasteiger partial charge in [-0.1, -0.05) is 26.0 Å². The second-order valence-corrected chi connectivity index (χ2v) is 5.30. The zero-order valence-electron chi connectivity index (χ0n) is 12.3. The number of nitrogens with two attached hydrogens (primary N) is 1. The van der Waals surface area contributed by atoms with Gasteiger partial charge in [-0.15, -0.1) is 0 Å². The lowest BCUT2D eigenvalue weighted by Gasteiger charge is -2.14. The highest BCUT2D eigenvalue weighted by Gasteiger charge is 2.14. The molecule has 0 spiro atoms. The van der Waals surface area contributed by atoms with Gasteiger partial charge in [0.25, 0.3) is 0 Å². The lowest BCUT2D eigenvalue weighted by atomic mass is 10.0. The number of hydrogen-bond acceptors (Lipinski definition) is 3. The highest BCUT2D eigenvalue weighted by atomic mass is 19.3. The Kier molecular flexibility index (Phi) is 7.08. The Balaban J connectivity index is 2.33. The summed E-state index contributed by atoms with van der Waals surface area (Å²) in [4.78, 5) is 11.7. The first kappa shape index (κ1) is 17.4. The van der Waals surface area contributed by atoms with E-state index < -0.39 is 12.7 Å². The van der Waals surface area contributed by atoms with Crippen LogP contribution in [0.4, 0.5) is 8.78 Å². The minimum Gasteiger partial charge on any atom is -0.435 e. The Morgan fingerprint density at radius 3 is 2.43 bits per heavy atom. The largest absolute Gasteiger partial charge is 0.435 e. The summed E-state index contributed by atoms with van der Waals surface area (Å²) in [6.45, 7) is 1.66. The summed E-state index contributed by atoms with van der Waals surface area (Å²) in [7, 11) is 0. The second-order valence-electron chi connectivity index (χ2n) is 5.30. The van der Waals surface area contributed by atoms with Crippen LogP contribution in [0.5, 0.6) is 5.75 Å². The molecule has 1 aromatic rings. The average Bonchev–Trinajstić information content (AvgIpc) is 2.39. The van der Waals surface area contributed by atoms with Crippen molar-refractivity contribution < 1.29 is 18.3 Å². The van der Waals surface area contributed by atoms with Crippen molar-refractivity contribution in [1.82, 2.24) is 5.32 Å². The lowest BCUT2D eigenvalue weighted by molar-refractivity contribution is -0.122. The topological polar surface area (TPSA) is 64.4 Å². The lowest BCUT2D eigenvalue weighted by Crippen LogP contribution is -2.42. The van der Waals surface area contributed by atoms with Gasteiger partial charge in [0.15, 0.2) is 0 Å². The molecule has 6 heteroatoms. The van der Waals surface area contributed by atoms with Crippen molar-refractivity contribution in [3.63, 3.8) is 0 Å². The molecular formula is C15H22F2N2O2. The predicted octanol–water partition coefficient (Wildman–Crippen LogP) is 2.32. The fourth-order valence-electron chi connectivity index (χ4n) is 1.91. The Morgan fingerprint density at radius 2 is 1.90 bits per heavy atom. The number of alkyl halides is 2. The molecule has 1 rings (SSSR count). The number of amides is 1. The van der Waals surface area contributed by atoms with Crippen LogP contribution in [0, 0.1) is 5.92 Å². The van der Waals surface area contributed by atoms with Crippen LogP contribution in [-0.2, 0) is 11.2 Å². The molecule has 21 heavy (non-hydrogen) atoms. The number of ether oxygens (including phenoxy) is 1. The summed E-state index contributed by atoms with van der Waals surface area (Å²) in [5.74, 6) is 0.325.